The quantitative estimate of drug-likeness (QED) is 0.737. The number of ether oxygens (including phenoxy) is 1. The van der Waals surface area contributed by atoms with Crippen molar-refractivity contribution in [2.75, 3.05) is 7.11 Å². The Morgan fingerprint density at radius 3 is 2.54 bits per heavy atom. The molecule has 2 atom stereocenters. The summed E-state index contributed by atoms with van der Waals surface area (Å²) in [6.07, 6.45) is 0.282. The van der Waals surface area contributed by atoms with E-state index in [1.807, 2.05) is 61.5 Å². The fourth-order valence-electron chi connectivity index (χ4n) is 4.01. The first-order valence-corrected chi connectivity index (χ1v) is 8.04. The van der Waals surface area contributed by atoms with Gasteiger partial charge in [-0.15, -0.1) is 0 Å². The van der Waals surface area contributed by atoms with E-state index in [1.54, 1.807) is 4.57 Å². The molecule has 0 fully saturated rings. The van der Waals surface area contributed by atoms with Gasteiger partial charge in [-0.25, -0.2) is 4.79 Å². The van der Waals surface area contributed by atoms with Gasteiger partial charge in [-0.05, 0) is 24.1 Å². The number of hydrogen-bond donors (Lipinski definition) is 1. The van der Waals surface area contributed by atoms with E-state index in [4.69, 9.17) is 4.74 Å². The SMILES string of the molecule is COC(=O)[C@@]1(O)C[C@H](c2ccccc2)c2c(C)c3ccccc3n21. The van der Waals surface area contributed by atoms with Crippen molar-refractivity contribution in [2.45, 2.75) is 25.0 Å². The van der Waals surface area contributed by atoms with Gasteiger partial charge in [0, 0.05) is 23.4 Å². The third-order valence-electron chi connectivity index (χ3n) is 5.08. The Bertz CT molecular complexity index is 929. The van der Waals surface area contributed by atoms with Crippen molar-refractivity contribution in [3.63, 3.8) is 0 Å². The van der Waals surface area contributed by atoms with Crippen LogP contribution in [0.4, 0.5) is 0 Å². The van der Waals surface area contributed by atoms with Gasteiger partial charge >= 0.3 is 5.97 Å². The van der Waals surface area contributed by atoms with E-state index in [9.17, 15) is 9.90 Å². The zero-order valence-electron chi connectivity index (χ0n) is 13.7. The van der Waals surface area contributed by atoms with E-state index in [-0.39, 0.29) is 12.3 Å². The Labute approximate surface area is 140 Å². The monoisotopic (exact) mass is 321 g/mol. The van der Waals surface area contributed by atoms with Crippen LogP contribution in [0.1, 0.15) is 29.2 Å². The smallest absolute Gasteiger partial charge is 0.359 e. The van der Waals surface area contributed by atoms with Crippen LogP contribution in [0.15, 0.2) is 54.6 Å². The Hall–Kier alpha value is -2.59. The largest absolute Gasteiger partial charge is 0.465 e. The minimum Gasteiger partial charge on any atom is -0.465 e. The molecule has 0 aliphatic carbocycles. The van der Waals surface area contributed by atoms with Crippen LogP contribution in [0.5, 0.6) is 0 Å². The van der Waals surface area contributed by atoms with E-state index in [1.165, 1.54) is 7.11 Å². The number of carbonyl (C=O) groups excluding carboxylic acids is 1. The fraction of sp³-hybridized carbons (Fsp3) is 0.250. The van der Waals surface area contributed by atoms with Crippen LogP contribution >= 0.6 is 0 Å². The number of rotatable bonds is 2. The van der Waals surface area contributed by atoms with E-state index < -0.39 is 11.7 Å². The molecule has 0 bridgehead atoms. The molecule has 3 aromatic rings. The molecule has 2 heterocycles. The first-order chi connectivity index (χ1) is 11.6. The summed E-state index contributed by atoms with van der Waals surface area (Å²) in [5, 5.41) is 12.3. The molecule has 0 saturated heterocycles. The Morgan fingerprint density at radius 1 is 1.17 bits per heavy atom. The first kappa shape index (κ1) is 15.0. The lowest BCUT2D eigenvalue weighted by Gasteiger charge is -2.23. The maximum atomic E-state index is 12.4. The number of nitrogens with zero attached hydrogens (tertiary/aromatic N) is 1. The van der Waals surface area contributed by atoms with Gasteiger partial charge in [-0.1, -0.05) is 48.5 Å². The number of para-hydroxylation sites is 1. The number of carbonyl (C=O) groups is 1. The Morgan fingerprint density at radius 2 is 1.83 bits per heavy atom. The van der Waals surface area contributed by atoms with Crippen molar-refractivity contribution in [1.82, 2.24) is 4.57 Å². The van der Waals surface area contributed by atoms with Crippen molar-refractivity contribution in [2.24, 2.45) is 0 Å². The molecule has 0 spiro atoms. The molecule has 122 valence electrons. The summed E-state index contributed by atoms with van der Waals surface area (Å²) in [6, 6.07) is 17.9. The maximum absolute atomic E-state index is 12.4. The van der Waals surface area contributed by atoms with E-state index in [2.05, 4.69) is 0 Å². The van der Waals surface area contributed by atoms with Crippen molar-refractivity contribution in [3.05, 3.63) is 71.4 Å². The maximum Gasteiger partial charge on any atom is 0.359 e. The van der Waals surface area contributed by atoms with Gasteiger partial charge in [-0.3, -0.25) is 0 Å². The van der Waals surface area contributed by atoms with E-state index >= 15 is 0 Å². The molecular formula is C20H19NO3. The summed E-state index contributed by atoms with van der Waals surface area (Å²) in [4.78, 5) is 12.4. The molecule has 4 rings (SSSR count). The zero-order chi connectivity index (χ0) is 16.9. The lowest BCUT2D eigenvalue weighted by Crippen LogP contribution is -2.40. The van der Waals surface area contributed by atoms with Gasteiger partial charge in [0.1, 0.15) is 0 Å². The van der Waals surface area contributed by atoms with Crippen LogP contribution in [0.2, 0.25) is 0 Å². The lowest BCUT2D eigenvalue weighted by molar-refractivity contribution is -0.172. The first-order valence-electron chi connectivity index (χ1n) is 8.04. The molecule has 1 N–H and O–H groups in total. The van der Waals surface area contributed by atoms with Gasteiger partial charge < -0.3 is 14.4 Å². The molecule has 24 heavy (non-hydrogen) atoms. The summed E-state index contributed by atoms with van der Waals surface area (Å²) < 4.78 is 6.69. The summed E-state index contributed by atoms with van der Waals surface area (Å²) in [7, 11) is 1.31. The molecule has 0 radical (unpaired) electrons. The summed E-state index contributed by atoms with van der Waals surface area (Å²) in [6.45, 7) is 2.05. The molecule has 0 saturated carbocycles. The van der Waals surface area contributed by atoms with Crippen molar-refractivity contribution in [1.29, 1.82) is 0 Å². The number of benzene rings is 2. The van der Waals surface area contributed by atoms with Crippen LogP contribution < -0.4 is 0 Å². The third kappa shape index (κ3) is 1.86. The number of aliphatic hydroxyl groups is 1. The number of esters is 1. The summed E-state index contributed by atoms with van der Waals surface area (Å²) >= 11 is 0. The molecule has 0 amide bonds. The van der Waals surface area contributed by atoms with Crippen LogP contribution in [0.3, 0.4) is 0 Å². The van der Waals surface area contributed by atoms with Crippen molar-refractivity contribution < 1.29 is 14.6 Å². The number of aryl methyl sites for hydroxylation is 1. The van der Waals surface area contributed by atoms with Gasteiger partial charge in [0.15, 0.2) is 0 Å². The Kier molecular flexibility index (Phi) is 3.25. The van der Waals surface area contributed by atoms with Crippen LogP contribution in [0.25, 0.3) is 10.9 Å². The number of aromatic nitrogens is 1. The summed E-state index contributed by atoms with van der Waals surface area (Å²) in [5.74, 6) is -0.675. The number of methoxy groups -OCH3 is 1. The summed E-state index contributed by atoms with van der Waals surface area (Å²) in [5.41, 5.74) is 2.34. The molecular weight excluding hydrogens is 302 g/mol. The van der Waals surface area contributed by atoms with Crippen LogP contribution in [-0.4, -0.2) is 22.8 Å². The van der Waals surface area contributed by atoms with Crippen LogP contribution in [0, 0.1) is 6.92 Å². The van der Waals surface area contributed by atoms with Gasteiger partial charge in [0.2, 0.25) is 5.72 Å². The highest BCUT2D eigenvalue weighted by molar-refractivity contribution is 5.90. The lowest BCUT2D eigenvalue weighted by atomic mass is 9.89. The van der Waals surface area contributed by atoms with E-state index in [0.29, 0.717) is 0 Å². The van der Waals surface area contributed by atoms with Gasteiger partial charge in [-0.2, -0.15) is 0 Å². The second kappa shape index (κ2) is 5.21. The highest BCUT2D eigenvalue weighted by atomic mass is 16.5. The van der Waals surface area contributed by atoms with Gasteiger partial charge in [0.05, 0.1) is 12.6 Å². The zero-order valence-corrected chi connectivity index (χ0v) is 13.7. The minimum absolute atomic E-state index is 0.0531. The van der Waals surface area contributed by atoms with Crippen LogP contribution in [-0.2, 0) is 15.3 Å². The molecule has 1 aliphatic heterocycles. The minimum atomic E-state index is -1.68. The average molecular weight is 321 g/mol. The molecule has 0 unspecified atom stereocenters. The third-order valence-corrected chi connectivity index (χ3v) is 5.08. The highest BCUT2D eigenvalue weighted by Gasteiger charge is 2.51. The molecule has 4 heteroatoms. The number of hydrogen-bond acceptors (Lipinski definition) is 3. The second-order valence-corrected chi connectivity index (χ2v) is 6.34. The van der Waals surface area contributed by atoms with Crippen molar-refractivity contribution >= 4 is 16.9 Å². The molecule has 1 aromatic heterocycles. The predicted molar refractivity (Wildman–Crippen MR) is 91.8 cm³/mol. The topological polar surface area (TPSA) is 51.5 Å². The molecule has 2 aromatic carbocycles. The Balaban J connectivity index is 2.04. The second-order valence-electron chi connectivity index (χ2n) is 6.34. The molecule has 1 aliphatic rings. The average Bonchev–Trinajstić information content (AvgIpc) is 3.11. The van der Waals surface area contributed by atoms with E-state index in [0.717, 1.165) is 27.7 Å². The normalized spacial score (nSPS) is 22.5. The number of fused-ring (bicyclic) bond motifs is 3. The standard InChI is InChI=1S/C20H19NO3/c1-13-15-10-6-7-11-17(15)21-18(13)16(14-8-4-3-5-9-14)12-20(21,23)19(22)24-2/h3-11,16,23H,12H2,1-2H3/t16-,20+/m1/s1. The van der Waals surface area contributed by atoms with Crippen molar-refractivity contribution in [3.8, 4) is 0 Å². The predicted octanol–water partition coefficient (Wildman–Crippen LogP) is 3.30. The van der Waals surface area contributed by atoms with Gasteiger partial charge in [0.25, 0.3) is 0 Å². The molecule has 4 nitrogen and oxygen atoms in total. The fourth-order valence-corrected chi connectivity index (χ4v) is 4.01. The highest BCUT2D eigenvalue weighted by Crippen LogP contribution is 2.48.